The molecule has 0 unspecified atom stereocenters. The maximum absolute atomic E-state index is 12.8. The Morgan fingerprint density at radius 3 is 2.35 bits per heavy atom. The maximum Gasteiger partial charge on any atom is 0.165 e. The second kappa shape index (κ2) is 5.17. The van der Waals surface area contributed by atoms with Crippen LogP contribution in [0.5, 0.6) is 11.5 Å². The summed E-state index contributed by atoms with van der Waals surface area (Å²) in [6.07, 6.45) is 3.41. The minimum atomic E-state index is -0.285. The number of hydrogen-bond acceptors (Lipinski definition) is 2. The van der Waals surface area contributed by atoms with Crippen LogP contribution in [0, 0.1) is 12.7 Å². The quantitative estimate of drug-likeness (QED) is 0.714. The Labute approximate surface area is 116 Å². The molecule has 0 saturated carbocycles. The summed E-state index contributed by atoms with van der Waals surface area (Å²) >= 11 is 0. The molecule has 0 radical (unpaired) electrons. The zero-order chi connectivity index (χ0) is 13.9. The van der Waals surface area contributed by atoms with Crippen LogP contribution < -0.4 is 4.74 Å². The third-order valence-electron chi connectivity index (χ3n) is 2.91. The Kier molecular flexibility index (Phi) is 3.21. The number of hydrogen-bond donors (Lipinski definition) is 0. The van der Waals surface area contributed by atoms with Crippen LogP contribution in [-0.2, 0) is 0 Å². The van der Waals surface area contributed by atoms with Crippen LogP contribution in [0.1, 0.15) is 5.56 Å². The van der Waals surface area contributed by atoms with Gasteiger partial charge in [0.2, 0.25) is 0 Å². The molecular formula is C16H13FN2O. The molecule has 3 rings (SSSR count). The summed E-state index contributed by atoms with van der Waals surface area (Å²) in [6.45, 7) is 2.04. The normalized spacial score (nSPS) is 10.5. The predicted octanol–water partition coefficient (Wildman–Crippen LogP) is 4.11. The number of halogens is 1. The molecule has 0 saturated heterocycles. The number of nitrogens with zero attached hydrogens (tertiary/aromatic N) is 2. The van der Waals surface area contributed by atoms with E-state index >= 15 is 0 Å². The zero-order valence-corrected chi connectivity index (χ0v) is 11.0. The van der Waals surface area contributed by atoms with Crippen molar-refractivity contribution in [3.63, 3.8) is 0 Å². The summed E-state index contributed by atoms with van der Waals surface area (Å²) in [4.78, 5) is 0. The van der Waals surface area contributed by atoms with Gasteiger partial charge >= 0.3 is 0 Å². The highest BCUT2D eigenvalue weighted by atomic mass is 19.1. The Morgan fingerprint density at radius 1 is 0.950 bits per heavy atom. The highest BCUT2D eigenvalue weighted by molar-refractivity contribution is 5.36. The lowest BCUT2D eigenvalue weighted by Crippen LogP contribution is -1.93. The van der Waals surface area contributed by atoms with Crippen LogP contribution in [0.3, 0.4) is 0 Å². The standard InChI is InChI=1S/C16H13FN2O/c1-12-2-6-14(7-3-12)19-11-16(10-18-19)20-15-8-4-13(17)5-9-15/h2-11H,1H3. The molecule has 20 heavy (non-hydrogen) atoms. The summed E-state index contributed by atoms with van der Waals surface area (Å²) in [6, 6.07) is 13.9. The van der Waals surface area contributed by atoms with Gasteiger partial charge in [0.15, 0.2) is 5.75 Å². The van der Waals surface area contributed by atoms with E-state index < -0.39 is 0 Å². The van der Waals surface area contributed by atoms with E-state index in [0.717, 1.165) is 5.69 Å². The molecule has 0 aliphatic rings. The summed E-state index contributed by atoms with van der Waals surface area (Å²) in [5.41, 5.74) is 2.16. The van der Waals surface area contributed by atoms with Crippen LogP contribution in [0.4, 0.5) is 4.39 Å². The summed E-state index contributed by atoms with van der Waals surface area (Å²) in [5, 5.41) is 4.25. The third kappa shape index (κ3) is 2.69. The molecule has 0 spiro atoms. The van der Waals surface area contributed by atoms with Crippen LogP contribution in [0.15, 0.2) is 60.9 Å². The van der Waals surface area contributed by atoms with Crippen molar-refractivity contribution in [2.75, 3.05) is 0 Å². The van der Waals surface area contributed by atoms with Gasteiger partial charge in [0.1, 0.15) is 11.6 Å². The average Bonchev–Trinajstić information content (AvgIpc) is 2.91. The molecule has 100 valence electrons. The largest absolute Gasteiger partial charge is 0.454 e. The molecule has 0 aliphatic carbocycles. The molecule has 2 aromatic carbocycles. The molecule has 0 N–H and O–H groups in total. The van der Waals surface area contributed by atoms with Gasteiger partial charge in [-0.25, -0.2) is 9.07 Å². The van der Waals surface area contributed by atoms with E-state index in [0.29, 0.717) is 11.5 Å². The van der Waals surface area contributed by atoms with Crippen molar-refractivity contribution >= 4 is 0 Å². The van der Waals surface area contributed by atoms with Crippen LogP contribution in [0.2, 0.25) is 0 Å². The maximum atomic E-state index is 12.8. The van der Waals surface area contributed by atoms with Crippen molar-refractivity contribution in [2.24, 2.45) is 0 Å². The second-order valence-electron chi connectivity index (χ2n) is 4.51. The highest BCUT2D eigenvalue weighted by Gasteiger charge is 2.03. The van der Waals surface area contributed by atoms with Crippen molar-refractivity contribution in [2.45, 2.75) is 6.92 Å². The molecule has 3 nitrogen and oxygen atoms in total. The van der Waals surface area contributed by atoms with Crippen LogP contribution in [-0.4, -0.2) is 9.78 Å². The smallest absolute Gasteiger partial charge is 0.165 e. The molecule has 0 fully saturated rings. The van der Waals surface area contributed by atoms with E-state index in [1.54, 1.807) is 29.2 Å². The first kappa shape index (κ1) is 12.4. The molecule has 0 atom stereocenters. The molecule has 4 heteroatoms. The van der Waals surface area contributed by atoms with Crippen molar-refractivity contribution < 1.29 is 9.13 Å². The van der Waals surface area contributed by atoms with Gasteiger partial charge in [0.05, 0.1) is 18.1 Å². The van der Waals surface area contributed by atoms with E-state index in [-0.39, 0.29) is 5.82 Å². The monoisotopic (exact) mass is 268 g/mol. The molecule has 3 aromatic rings. The predicted molar refractivity (Wildman–Crippen MR) is 74.8 cm³/mol. The minimum absolute atomic E-state index is 0.285. The number of ether oxygens (including phenoxy) is 1. The molecule has 0 aliphatic heterocycles. The SMILES string of the molecule is Cc1ccc(-n2cc(Oc3ccc(F)cc3)cn2)cc1. The fourth-order valence-electron chi connectivity index (χ4n) is 1.84. The molecular weight excluding hydrogens is 255 g/mol. The van der Waals surface area contributed by atoms with Crippen LogP contribution >= 0.6 is 0 Å². The second-order valence-corrected chi connectivity index (χ2v) is 4.51. The first-order chi connectivity index (χ1) is 9.70. The number of aromatic nitrogens is 2. The minimum Gasteiger partial charge on any atom is -0.454 e. The van der Waals surface area contributed by atoms with Gasteiger partial charge in [-0.2, -0.15) is 5.10 Å². The fourth-order valence-corrected chi connectivity index (χ4v) is 1.84. The van der Waals surface area contributed by atoms with Crippen molar-refractivity contribution in [3.8, 4) is 17.2 Å². The first-order valence-corrected chi connectivity index (χ1v) is 6.26. The van der Waals surface area contributed by atoms with Crippen LogP contribution in [0.25, 0.3) is 5.69 Å². The summed E-state index contributed by atoms with van der Waals surface area (Å²) in [7, 11) is 0. The van der Waals surface area contributed by atoms with Gasteiger partial charge in [0, 0.05) is 0 Å². The zero-order valence-electron chi connectivity index (χ0n) is 11.0. The highest BCUT2D eigenvalue weighted by Crippen LogP contribution is 2.22. The lowest BCUT2D eigenvalue weighted by Gasteiger charge is -2.02. The lowest BCUT2D eigenvalue weighted by molar-refractivity contribution is 0.480. The third-order valence-corrected chi connectivity index (χ3v) is 2.91. The van der Waals surface area contributed by atoms with Gasteiger partial charge in [-0.1, -0.05) is 17.7 Å². The van der Waals surface area contributed by atoms with Gasteiger partial charge in [0.25, 0.3) is 0 Å². The van der Waals surface area contributed by atoms with Gasteiger partial charge < -0.3 is 4.74 Å². The van der Waals surface area contributed by atoms with E-state index in [9.17, 15) is 4.39 Å². The Balaban J connectivity index is 1.80. The fraction of sp³-hybridized carbons (Fsp3) is 0.0625. The van der Waals surface area contributed by atoms with E-state index in [1.807, 2.05) is 31.2 Å². The van der Waals surface area contributed by atoms with E-state index in [1.165, 1.54) is 17.7 Å². The Hall–Kier alpha value is -2.62. The molecule has 1 aromatic heterocycles. The van der Waals surface area contributed by atoms with E-state index in [4.69, 9.17) is 4.74 Å². The van der Waals surface area contributed by atoms with Crippen molar-refractivity contribution in [1.29, 1.82) is 0 Å². The van der Waals surface area contributed by atoms with Gasteiger partial charge in [-0.15, -0.1) is 0 Å². The van der Waals surface area contributed by atoms with Crippen molar-refractivity contribution in [1.82, 2.24) is 9.78 Å². The number of rotatable bonds is 3. The lowest BCUT2D eigenvalue weighted by atomic mass is 10.2. The first-order valence-electron chi connectivity index (χ1n) is 6.26. The number of benzene rings is 2. The molecule has 0 amide bonds. The van der Waals surface area contributed by atoms with E-state index in [2.05, 4.69) is 5.10 Å². The topological polar surface area (TPSA) is 27.1 Å². The summed E-state index contributed by atoms with van der Waals surface area (Å²) in [5.74, 6) is 0.903. The molecule has 0 bridgehead atoms. The summed E-state index contributed by atoms with van der Waals surface area (Å²) < 4.78 is 20.2. The average molecular weight is 268 g/mol. The Bertz CT molecular complexity index is 702. The van der Waals surface area contributed by atoms with Gasteiger partial charge in [-0.05, 0) is 43.3 Å². The van der Waals surface area contributed by atoms with Crippen molar-refractivity contribution in [3.05, 3.63) is 72.3 Å². The Morgan fingerprint density at radius 2 is 1.65 bits per heavy atom. The molecule has 1 heterocycles. The number of aryl methyl sites for hydroxylation is 1. The van der Waals surface area contributed by atoms with Gasteiger partial charge in [-0.3, -0.25) is 0 Å².